The van der Waals surface area contributed by atoms with E-state index >= 15 is 0 Å². The third-order valence-corrected chi connectivity index (χ3v) is 2.99. The zero-order valence-corrected chi connectivity index (χ0v) is 13.2. The fraction of sp³-hybridized carbons (Fsp3) is 0.692. The predicted octanol–water partition coefficient (Wildman–Crippen LogP) is 1.46. The predicted molar refractivity (Wildman–Crippen MR) is 80.2 cm³/mol. The monoisotopic (exact) mass is 297 g/mol. The molecule has 21 heavy (non-hydrogen) atoms. The summed E-state index contributed by atoms with van der Waals surface area (Å²) in [7, 11) is 1.65. The molecular formula is C13H23N5O3. The highest BCUT2D eigenvalue weighted by Crippen LogP contribution is 2.28. The SMILES string of the molecule is CCc1nn(C)c(NCCNC(=O)C(C)(C)C)c1[N+](=O)[O-]. The van der Waals surface area contributed by atoms with E-state index in [2.05, 4.69) is 15.7 Å². The second-order valence-corrected chi connectivity index (χ2v) is 5.81. The lowest BCUT2D eigenvalue weighted by molar-refractivity contribution is -0.384. The number of aromatic nitrogens is 2. The van der Waals surface area contributed by atoms with Crippen LogP contribution in [0.1, 0.15) is 33.4 Å². The molecule has 0 radical (unpaired) electrons. The highest BCUT2D eigenvalue weighted by molar-refractivity contribution is 5.81. The Morgan fingerprint density at radius 2 is 2.00 bits per heavy atom. The lowest BCUT2D eigenvalue weighted by Crippen LogP contribution is -2.37. The molecule has 118 valence electrons. The molecule has 0 fully saturated rings. The van der Waals surface area contributed by atoms with Crippen molar-refractivity contribution in [2.45, 2.75) is 34.1 Å². The first-order valence-corrected chi connectivity index (χ1v) is 6.91. The lowest BCUT2D eigenvalue weighted by Gasteiger charge is -2.17. The van der Waals surface area contributed by atoms with Crippen LogP contribution in [0, 0.1) is 15.5 Å². The van der Waals surface area contributed by atoms with Crippen molar-refractivity contribution < 1.29 is 9.72 Å². The second-order valence-electron chi connectivity index (χ2n) is 5.81. The molecule has 0 saturated heterocycles. The van der Waals surface area contributed by atoms with E-state index in [1.807, 2.05) is 27.7 Å². The summed E-state index contributed by atoms with van der Waals surface area (Å²) in [6, 6.07) is 0. The van der Waals surface area contributed by atoms with E-state index in [1.54, 1.807) is 7.05 Å². The molecule has 0 aliphatic carbocycles. The van der Waals surface area contributed by atoms with Gasteiger partial charge >= 0.3 is 5.69 Å². The maximum atomic E-state index is 11.7. The van der Waals surface area contributed by atoms with Gasteiger partial charge in [-0.15, -0.1) is 0 Å². The van der Waals surface area contributed by atoms with E-state index in [-0.39, 0.29) is 11.6 Å². The summed E-state index contributed by atoms with van der Waals surface area (Å²) in [5.41, 5.74) is -0.000606. The summed E-state index contributed by atoms with van der Waals surface area (Å²) in [6.07, 6.45) is 0.493. The Kier molecular flexibility index (Phi) is 5.28. The summed E-state index contributed by atoms with van der Waals surface area (Å²) in [5.74, 6) is 0.305. The quantitative estimate of drug-likeness (QED) is 0.470. The molecule has 1 amide bonds. The van der Waals surface area contributed by atoms with Crippen LogP contribution in [0.5, 0.6) is 0 Å². The number of carbonyl (C=O) groups is 1. The van der Waals surface area contributed by atoms with Gasteiger partial charge < -0.3 is 10.6 Å². The number of aryl methyl sites for hydroxylation is 2. The average molecular weight is 297 g/mol. The zero-order chi connectivity index (χ0) is 16.2. The van der Waals surface area contributed by atoms with Crippen molar-refractivity contribution in [1.82, 2.24) is 15.1 Å². The molecule has 0 aromatic carbocycles. The maximum absolute atomic E-state index is 11.7. The number of hydrogen-bond donors (Lipinski definition) is 2. The highest BCUT2D eigenvalue weighted by atomic mass is 16.6. The first kappa shape index (κ1) is 16.9. The van der Waals surface area contributed by atoms with Crippen molar-refractivity contribution in [2.75, 3.05) is 18.4 Å². The minimum Gasteiger partial charge on any atom is -0.363 e. The third-order valence-electron chi connectivity index (χ3n) is 2.99. The van der Waals surface area contributed by atoms with Crippen molar-refractivity contribution in [2.24, 2.45) is 12.5 Å². The van der Waals surface area contributed by atoms with Crippen molar-refractivity contribution in [3.05, 3.63) is 15.8 Å². The van der Waals surface area contributed by atoms with Gasteiger partial charge in [-0.25, -0.2) is 4.68 Å². The molecule has 1 rings (SSSR count). The third kappa shape index (κ3) is 4.17. The molecule has 0 atom stereocenters. The van der Waals surface area contributed by atoms with E-state index in [9.17, 15) is 14.9 Å². The standard InChI is InChI=1S/C13H23N5O3/c1-6-9-10(18(20)21)11(17(5)16-9)14-7-8-15-12(19)13(2,3)4/h14H,6-8H2,1-5H3,(H,15,19). The summed E-state index contributed by atoms with van der Waals surface area (Å²) in [6.45, 7) is 8.09. The van der Waals surface area contributed by atoms with Gasteiger partial charge in [0.05, 0.1) is 4.92 Å². The van der Waals surface area contributed by atoms with Crippen molar-refractivity contribution in [1.29, 1.82) is 0 Å². The largest absolute Gasteiger partial charge is 0.363 e. The van der Waals surface area contributed by atoms with Crippen molar-refractivity contribution >= 4 is 17.4 Å². The number of amides is 1. The van der Waals surface area contributed by atoms with Gasteiger partial charge in [-0.1, -0.05) is 27.7 Å². The van der Waals surface area contributed by atoms with E-state index in [1.165, 1.54) is 4.68 Å². The fourth-order valence-corrected chi connectivity index (χ4v) is 1.82. The molecule has 1 heterocycles. The molecular weight excluding hydrogens is 274 g/mol. The molecule has 0 aliphatic heterocycles. The van der Waals surface area contributed by atoms with E-state index in [0.717, 1.165) is 0 Å². The minimum absolute atomic E-state index is 0.00199. The molecule has 0 unspecified atom stereocenters. The summed E-state index contributed by atoms with van der Waals surface area (Å²) in [5, 5.41) is 21.0. The van der Waals surface area contributed by atoms with Crippen LogP contribution >= 0.6 is 0 Å². The maximum Gasteiger partial charge on any atom is 0.333 e. The Morgan fingerprint density at radius 1 is 1.38 bits per heavy atom. The average Bonchev–Trinajstić information content (AvgIpc) is 2.69. The van der Waals surface area contributed by atoms with Crippen LogP contribution in [-0.4, -0.2) is 33.7 Å². The van der Waals surface area contributed by atoms with Crippen LogP contribution in [0.2, 0.25) is 0 Å². The van der Waals surface area contributed by atoms with Crippen LogP contribution < -0.4 is 10.6 Å². The zero-order valence-electron chi connectivity index (χ0n) is 13.2. The topological polar surface area (TPSA) is 102 Å². The Bertz CT molecular complexity index is 531. The van der Waals surface area contributed by atoms with E-state index in [4.69, 9.17) is 0 Å². The fourth-order valence-electron chi connectivity index (χ4n) is 1.82. The van der Waals surface area contributed by atoms with Crippen LogP contribution in [-0.2, 0) is 18.3 Å². The van der Waals surface area contributed by atoms with Crippen LogP contribution in [0.3, 0.4) is 0 Å². The molecule has 0 spiro atoms. The molecule has 1 aromatic heterocycles. The van der Waals surface area contributed by atoms with Crippen molar-refractivity contribution in [3.8, 4) is 0 Å². The van der Waals surface area contributed by atoms with Gasteiger partial charge in [-0.3, -0.25) is 14.9 Å². The number of anilines is 1. The lowest BCUT2D eigenvalue weighted by atomic mass is 9.96. The number of hydrogen-bond acceptors (Lipinski definition) is 5. The van der Waals surface area contributed by atoms with Gasteiger partial charge in [0.2, 0.25) is 11.7 Å². The van der Waals surface area contributed by atoms with E-state index < -0.39 is 10.3 Å². The van der Waals surface area contributed by atoms with Gasteiger partial charge in [0.25, 0.3) is 0 Å². The number of carbonyl (C=O) groups excluding carboxylic acids is 1. The van der Waals surface area contributed by atoms with Gasteiger partial charge in [-0.2, -0.15) is 5.10 Å². The molecule has 8 nitrogen and oxygen atoms in total. The summed E-state index contributed by atoms with van der Waals surface area (Å²) >= 11 is 0. The smallest absolute Gasteiger partial charge is 0.333 e. The van der Waals surface area contributed by atoms with Crippen LogP contribution in [0.15, 0.2) is 0 Å². The Labute approximate surface area is 124 Å². The summed E-state index contributed by atoms with van der Waals surface area (Å²) in [4.78, 5) is 22.4. The molecule has 2 N–H and O–H groups in total. The number of nitrogens with one attached hydrogen (secondary N) is 2. The Morgan fingerprint density at radius 3 is 2.48 bits per heavy atom. The molecule has 0 saturated carbocycles. The normalized spacial score (nSPS) is 11.3. The van der Waals surface area contributed by atoms with Gasteiger partial charge in [0.1, 0.15) is 5.69 Å². The minimum atomic E-state index is -0.450. The van der Waals surface area contributed by atoms with Crippen molar-refractivity contribution in [3.63, 3.8) is 0 Å². The van der Waals surface area contributed by atoms with E-state index in [0.29, 0.717) is 31.0 Å². The van der Waals surface area contributed by atoms with Crippen LogP contribution in [0.4, 0.5) is 11.5 Å². The van der Waals surface area contributed by atoms with Gasteiger partial charge in [0.15, 0.2) is 0 Å². The summed E-state index contributed by atoms with van der Waals surface area (Å²) < 4.78 is 1.46. The van der Waals surface area contributed by atoms with Gasteiger partial charge in [-0.05, 0) is 6.42 Å². The van der Waals surface area contributed by atoms with Crippen LogP contribution in [0.25, 0.3) is 0 Å². The highest BCUT2D eigenvalue weighted by Gasteiger charge is 2.25. The Hall–Kier alpha value is -2.12. The first-order valence-electron chi connectivity index (χ1n) is 6.91. The molecule has 8 heteroatoms. The Balaban J connectivity index is 2.66. The number of rotatable bonds is 6. The second kappa shape index (κ2) is 6.55. The number of nitrogens with zero attached hydrogens (tertiary/aromatic N) is 3. The number of nitro groups is 1. The van der Waals surface area contributed by atoms with Gasteiger partial charge in [0, 0.05) is 25.6 Å². The first-order chi connectivity index (χ1) is 9.68. The molecule has 0 aliphatic rings. The molecule has 1 aromatic rings. The molecule has 0 bridgehead atoms.